The molecule has 3 rings (SSSR count). The highest BCUT2D eigenvalue weighted by Gasteiger charge is 2.19. The third-order valence-corrected chi connectivity index (χ3v) is 5.38. The minimum Gasteiger partial charge on any atom is -0.323 e. The van der Waals surface area contributed by atoms with E-state index in [0.29, 0.717) is 27.6 Å². The van der Waals surface area contributed by atoms with E-state index >= 15 is 0 Å². The first-order valence-corrected chi connectivity index (χ1v) is 10.7. The Bertz CT molecular complexity index is 1030. The van der Waals surface area contributed by atoms with Crippen LogP contribution in [0.25, 0.3) is 11.4 Å². The number of hydrogen-bond donors (Lipinski definition) is 1. The number of carbonyl (C=O) groups excluding carboxylic acids is 1. The Morgan fingerprint density at radius 2 is 1.93 bits per heavy atom. The summed E-state index contributed by atoms with van der Waals surface area (Å²) in [5, 5.41) is 11.3. The number of rotatable bonds is 7. The Labute approximate surface area is 180 Å². The van der Waals surface area contributed by atoms with Crippen LogP contribution in [0.5, 0.6) is 0 Å². The molecule has 0 spiro atoms. The molecule has 0 aliphatic rings. The number of halogens is 3. The van der Waals surface area contributed by atoms with Crippen molar-refractivity contribution >= 4 is 39.3 Å². The third-order valence-electron chi connectivity index (χ3n) is 3.92. The Morgan fingerprint density at radius 3 is 2.62 bits per heavy atom. The zero-order valence-corrected chi connectivity index (χ0v) is 18.2. The van der Waals surface area contributed by atoms with Crippen molar-refractivity contribution in [3.05, 3.63) is 58.6 Å². The maximum Gasteiger partial charge on any atom is 0.234 e. The van der Waals surface area contributed by atoms with Gasteiger partial charge in [0.05, 0.1) is 17.0 Å². The molecule has 29 heavy (non-hydrogen) atoms. The Morgan fingerprint density at radius 1 is 1.17 bits per heavy atom. The van der Waals surface area contributed by atoms with E-state index in [2.05, 4.69) is 31.4 Å². The first-order chi connectivity index (χ1) is 13.8. The minimum absolute atomic E-state index is 0.0169. The van der Waals surface area contributed by atoms with Crippen LogP contribution in [0.1, 0.15) is 13.8 Å². The van der Waals surface area contributed by atoms with Crippen molar-refractivity contribution < 1.29 is 13.6 Å². The predicted octanol–water partition coefficient (Wildman–Crippen LogP) is 5.37. The van der Waals surface area contributed by atoms with Gasteiger partial charge in [0.15, 0.2) is 11.0 Å². The van der Waals surface area contributed by atoms with Gasteiger partial charge < -0.3 is 9.88 Å². The Hall–Kier alpha value is -2.26. The molecular formula is C20H19BrF2N4OS. The molecular weight excluding hydrogens is 462 g/mol. The molecule has 1 aromatic heterocycles. The van der Waals surface area contributed by atoms with Gasteiger partial charge in [0, 0.05) is 11.0 Å². The fourth-order valence-corrected chi connectivity index (χ4v) is 3.76. The van der Waals surface area contributed by atoms with Crippen LogP contribution in [-0.4, -0.2) is 26.4 Å². The second-order valence-corrected chi connectivity index (χ2v) is 8.61. The summed E-state index contributed by atoms with van der Waals surface area (Å²) >= 11 is 4.35. The average Bonchev–Trinajstić information content (AvgIpc) is 3.04. The number of anilines is 1. The van der Waals surface area contributed by atoms with Gasteiger partial charge in [-0.1, -0.05) is 53.7 Å². The molecule has 0 fully saturated rings. The van der Waals surface area contributed by atoms with Crippen LogP contribution in [0.4, 0.5) is 14.5 Å². The van der Waals surface area contributed by atoms with Gasteiger partial charge in [0.1, 0.15) is 11.6 Å². The van der Waals surface area contributed by atoms with Crippen LogP contribution in [0, 0.1) is 17.6 Å². The van der Waals surface area contributed by atoms with Crippen LogP contribution in [0.3, 0.4) is 0 Å². The zero-order valence-electron chi connectivity index (χ0n) is 15.8. The smallest absolute Gasteiger partial charge is 0.234 e. The highest BCUT2D eigenvalue weighted by molar-refractivity contribution is 9.10. The third kappa shape index (κ3) is 5.42. The molecule has 0 bridgehead atoms. The fraction of sp³-hybridized carbons (Fsp3) is 0.250. The number of nitrogens with one attached hydrogen (secondary N) is 1. The summed E-state index contributed by atoms with van der Waals surface area (Å²) in [6.45, 7) is 4.63. The molecule has 5 nitrogen and oxygen atoms in total. The molecule has 2 aromatic carbocycles. The van der Waals surface area contributed by atoms with Crippen LogP contribution in [-0.2, 0) is 11.3 Å². The highest BCUT2D eigenvalue weighted by Crippen LogP contribution is 2.27. The minimum atomic E-state index is -0.525. The lowest BCUT2D eigenvalue weighted by molar-refractivity contribution is -0.113. The van der Waals surface area contributed by atoms with E-state index in [4.69, 9.17) is 0 Å². The quantitative estimate of drug-likeness (QED) is 0.461. The molecule has 0 atom stereocenters. The van der Waals surface area contributed by atoms with Gasteiger partial charge in [-0.15, -0.1) is 10.2 Å². The van der Waals surface area contributed by atoms with Gasteiger partial charge in [-0.25, -0.2) is 8.78 Å². The SMILES string of the molecule is CC(C)Cn1c(SCC(=O)Nc2ccc(Br)cc2F)nnc1-c1ccccc1F. The van der Waals surface area contributed by atoms with Gasteiger partial charge in [-0.05, 0) is 36.2 Å². The van der Waals surface area contributed by atoms with E-state index in [9.17, 15) is 13.6 Å². The molecule has 0 radical (unpaired) electrons. The van der Waals surface area contributed by atoms with Crippen molar-refractivity contribution in [1.82, 2.24) is 14.8 Å². The van der Waals surface area contributed by atoms with Gasteiger partial charge >= 0.3 is 0 Å². The van der Waals surface area contributed by atoms with E-state index in [1.54, 1.807) is 28.8 Å². The fourth-order valence-electron chi connectivity index (χ4n) is 2.67. The van der Waals surface area contributed by atoms with Gasteiger partial charge in [0.25, 0.3) is 0 Å². The van der Waals surface area contributed by atoms with Gasteiger partial charge in [-0.2, -0.15) is 0 Å². The van der Waals surface area contributed by atoms with Crippen molar-refractivity contribution in [2.45, 2.75) is 25.5 Å². The summed E-state index contributed by atoms with van der Waals surface area (Å²) in [5.74, 6) is -0.585. The molecule has 1 N–H and O–H groups in total. The summed E-state index contributed by atoms with van der Waals surface area (Å²) in [6.07, 6.45) is 0. The largest absolute Gasteiger partial charge is 0.323 e. The summed E-state index contributed by atoms with van der Waals surface area (Å²) < 4.78 is 30.5. The molecule has 152 valence electrons. The molecule has 3 aromatic rings. The lowest BCUT2D eigenvalue weighted by Gasteiger charge is -2.13. The second kappa shape index (κ2) is 9.49. The predicted molar refractivity (Wildman–Crippen MR) is 114 cm³/mol. The topological polar surface area (TPSA) is 59.8 Å². The van der Waals surface area contributed by atoms with E-state index in [0.717, 1.165) is 0 Å². The molecule has 0 saturated heterocycles. The summed E-state index contributed by atoms with van der Waals surface area (Å²) in [7, 11) is 0. The summed E-state index contributed by atoms with van der Waals surface area (Å²) in [4.78, 5) is 12.3. The number of aromatic nitrogens is 3. The van der Waals surface area contributed by atoms with Crippen molar-refractivity contribution in [3.8, 4) is 11.4 Å². The highest BCUT2D eigenvalue weighted by atomic mass is 79.9. The second-order valence-electron chi connectivity index (χ2n) is 6.75. The molecule has 0 saturated carbocycles. The molecule has 9 heteroatoms. The number of thioether (sulfide) groups is 1. The van der Waals surface area contributed by atoms with Gasteiger partial charge in [-0.3, -0.25) is 4.79 Å². The van der Waals surface area contributed by atoms with Crippen molar-refractivity contribution in [2.24, 2.45) is 5.92 Å². The molecule has 0 aliphatic carbocycles. The summed E-state index contributed by atoms with van der Waals surface area (Å²) in [6, 6.07) is 10.8. The van der Waals surface area contributed by atoms with E-state index in [1.807, 2.05) is 13.8 Å². The Balaban J connectivity index is 1.76. The maximum absolute atomic E-state index is 14.2. The molecule has 1 amide bonds. The van der Waals surface area contributed by atoms with Crippen LogP contribution < -0.4 is 5.32 Å². The zero-order chi connectivity index (χ0) is 21.0. The van der Waals surface area contributed by atoms with E-state index in [1.165, 1.54) is 30.0 Å². The van der Waals surface area contributed by atoms with Crippen molar-refractivity contribution in [3.63, 3.8) is 0 Å². The summed E-state index contributed by atoms with van der Waals surface area (Å²) in [5.41, 5.74) is 0.461. The van der Waals surface area contributed by atoms with Crippen LogP contribution >= 0.6 is 27.7 Å². The lowest BCUT2D eigenvalue weighted by Crippen LogP contribution is -2.16. The molecule has 1 heterocycles. The number of amides is 1. The standard InChI is InChI=1S/C20H19BrF2N4OS/c1-12(2)10-27-19(14-5-3-4-6-15(14)22)25-26-20(27)29-11-18(28)24-17-8-7-13(21)9-16(17)23/h3-9,12H,10-11H2,1-2H3,(H,24,28). The number of nitrogens with zero attached hydrogens (tertiary/aromatic N) is 3. The van der Waals surface area contributed by atoms with E-state index in [-0.39, 0.29) is 29.1 Å². The lowest BCUT2D eigenvalue weighted by atomic mass is 10.2. The normalized spacial score (nSPS) is 11.1. The monoisotopic (exact) mass is 480 g/mol. The van der Waals surface area contributed by atoms with Crippen LogP contribution in [0.15, 0.2) is 52.1 Å². The number of hydrogen-bond acceptors (Lipinski definition) is 4. The van der Waals surface area contributed by atoms with Crippen LogP contribution in [0.2, 0.25) is 0 Å². The van der Waals surface area contributed by atoms with E-state index < -0.39 is 5.82 Å². The first kappa shape index (κ1) is 21.4. The number of benzene rings is 2. The molecule has 0 aliphatic heterocycles. The number of carbonyl (C=O) groups is 1. The average molecular weight is 481 g/mol. The molecule has 0 unspecified atom stereocenters. The van der Waals surface area contributed by atoms with Crippen molar-refractivity contribution in [1.29, 1.82) is 0 Å². The first-order valence-electron chi connectivity index (χ1n) is 8.91. The van der Waals surface area contributed by atoms with Crippen molar-refractivity contribution in [2.75, 3.05) is 11.1 Å². The Kier molecular flexibility index (Phi) is 7.02. The van der Waals surface area contributed by atoms with Gasteiger partial charge in [0.2, 0.25) is 5.91 Å². The maximum atomic E-state index is 14.2.